The van der Waals surface area contributed by atoms with Crippen molar-refractivity contribution in [1.82, 2.24) is 0 Å². The number of hydrogen-bond donors (Lipinski definition) is 0. The number of ketones is 1. The van der Waals surface area contributed by atoms with E-state index in [2.05, 4.69) is 0 Å². The van der Waals surface area contributed by atoms with Gasteiger partial charge in [0.15, 0.2) is 5.78 Å². The van der Waals surface area contributed by atoms with Gasteiger partial charge in [-0.2, -0.15) is 13.2 Å². The van der Waals surface area contributed by atoms with E-state index in [1.807, 2.05) is 6.92 Å². The van der Waals surface area contributed by atoms with E-state index in [0.29, 0.717) is 5.56 Å². The zero-order valence-corrected chi connectivity index (χ0v) is 11.3. The number of rotatable bonds is 3. The summed E-state index contributed by atoms with van der Waals surface area (Å²) in [4.78, 5) is 11.9. The fraction of sp³-hybridized carbons (Fsp3) is 0.118. The van der Waals surface area contributed by atoms with Gasteiger partial charge in [0.2, 0.25) is 0 Å². The summed E-state index contributed by atoms with van der Waals surface area (Å²) in [5, 5.41) is 0. The Morgan fingerprint density at radius 1 is 1.00 bits per heavy atom. The molecule has 2 aromatic rings. The first-order chi connectivity index (χ1) is 9.88. The topological polar surface area (TPSA) is 17.1 Å². The summed E-state index contributed by atoms with van der Waals surface area (Å²) in [5.74, 6) is -0.327. The maximum Gasteiger partial charge on any atom is 0.416 e. The molecule has 1 nitrogen and oxygen atoms in total. The molecule has 0 N–H and O–H groups in total. The van der Waals surface area contributed by atoms with E-state index in [-0.39, 0.29) is 11.3 Å². The fourth-order valence-electron chi connectivity index (χ4n) is 1.88. The number of benzene rings is 2. The van der Waals surface area contributed by atoms with Crippen LogP contribution in [0.3, 0.4) is 0 Å². The van der Waals surface area contributed by atoms with Gasteiger partial charge in [-0.05, 0) is 24.6 Å². The maximum atomic E-state index is 12.8. The lowest BCUT2D eigenvalue weighted by Crippen LogP contribution is -2.07. The summed E-state index contributed by atoms with van der Waals surface area (Å²) in [6.45, 7) is 1.89. The molecule has 0 unspecified atom stereocenters. The van der Waals surface area contributed by atoms with Crippen molar-refractivity contribution >= 4 is 11.9 Å². The molecule has 108 valence electrons. The molecule has 2 aromatic carbocycles. The minimum atomic E-state index is -4.44. The van der Waals surface area contributed by atoms with Crippen LogP contribution in [0, 0.1) is 6.92 Å². The second-order valence-electron chi connectivity index (χ2n) is 4.65. The van der Waals surface area contributed by atoms with E-state index >= 15 is 0 Å². The van der Waals surface area contributed by atoms with Gasteiger partial charge in [-0.1, -0.05) is 54.1 Å². The molecule has 0 saturated heterocycles. The molecule has 0 aliphatic carbocycles. The number of hydrogen-bond acceptors (Lipinski definition) is 1. The Morgan fingerprint density at radius 2 is 1.62 bits per heavy atom. The normalized spacial score (nSPS) is 11.8. The molecule has 0 saturated carbocycles. The number of allylic oxidation sites excluding steroid dienone is 1. The maximum absolute atomic E-state index is 12.8. The van der Waals surface area contributed by atoms with Crippen molar-refractivity contribution in [1.29, 1.82) is 0 Å². The molecule has 0 fully saturated rings. The highest BCUT2D eigenvalue weighted by Crippen LogP contribution is 2.32. The van der Waals surface area contributed by atoms with Crippen molar-refractivity contribution in [3.63, 3.8) is 0 Å². The third-order valence-corrected chi connectivity index (χ3v) is 3.02. The van der Waals surface area contributed by atoms with Crippen LogP contribution in [-0.2, 0) is 6.18 Å². The molecule has 0 aliphatic rings. The van der Waals surface area contributed by atoms with Crippen molar-refractivity contribution in [3.8, 4) is 0 Å². The zero-order chi connectivity index (χ0) is 15.5. The lowest BCUT2D eigenvalue weighted by atomic mass is 10.0. The highest BCUT2D eigenvalue weighted by molar-refractivity contribution is 6.06. The van der Waals surface area contributed by atoms with Gasteiger partial charge >= 0.3 is 6.18 Å². The van der Waals surface area contributed by atoms with Crippen LogP contribution >= 0.6 is 0 Å². The fourth-order valence-corrected chi connectivity index (χ4v) is 1.88. The second kappa shape index (κ2) is 5.95. The molecule has 0 aromatic heterocycles. The predicted octanol–water partition coefficient (Wildman–Crippen LogP) is 4.91. The van der Waals surface area contributed by atoms with E-state index in [1.54, 1.807) is 24.3 Å². The Balaban J connectivity index is 2.26. The van der Waals surface area contributed by atoms with E-state index < -0.39 is 11.7 Å². The van der Waals surface area contributed by atoms with Gasteiger partial charge in [0.05, 0.1) is 5.56 Å². The summed E-state index contributed by atoms with van der Waals surface area (Å²) < 4.78 is 38.5. The van der Waals surface area contributed by atoms with Crippen LogP contribution in [0.25, 0.3) is 6.08 Å². The SMILES string of the molecule is Cc1ccc(C(=O)/C=C/c2ccccc2C(F)(F)F)cc1. The molecule has 21 heavy (non-hydrogen) atoms. The molecule has 4 heteroatoms. The summed E-state index contributed by atoms with van der Waals surface area (Å²) in [6, 6.07) is 12.0. The molecule has 0 aliphatic heterocycles. The predicted molar refractivity (Wildman–Crippen MR) is 76.0 cm³/mol. The number of halogens is 3. The van der Waals surface area contributed by atoms with Crippen LogP contribution in [0.1, 0.15) is 27.0 Å². The van der Waals surface area contributed by atoms with Gasteiger partial charge in [0, 0.05) is 5.56 Å². The quantitative estimate of drug-likeness (QED) is 0.580. The smallest absolute Gasteiger partial charge is 0.289 e. The van der Waals surface area contributed by atoms with E-state index in [0.717, 1.165) is 17.7 Å². The minimum Gasteiger partial charge on any atom is -0.289 e. The van der Waals surface area contributed by atoms with E-state index in [4.69, 9.17) is 0 Å². The highest BCUT2D eigenvalue weighted by atomic mass is 19.4. The van der Waals surface area contributed by atoms with Crippen molar-refractivity contribution in [2.75, 3.05) is 0 Å². The Morgan fingerprint density at radius 3 is 2.24 bits per heavy atom. The first-order valence-corrected chi connectivity index (χ1v) is 6.33. The largest absolute Gasteiger partial charge is 0.416 e. The first-order valence-electron chi connectivity index (χ1n) is 6.33. The van der Waals surface area contributed by atoms with Gasteiger partial charge in [-0.15, -0.1) is 0 Å². The molecule has 2 rings (SSSR count). The molecular formula is C17H13F3O. The Bertz CT molecular complexity index is 667. The number of carbonyl (C=O) groups is 1. The third kappa shape index (κ3) is 3.81. The second-order valence-corrected chi connectivity index (χ2v) is 4.65. The van der Waals surface area contributed by atoms with Crippen LogP contribution in [0.15, 0.2) is 54.6 Å². The number of carbonyl (C=O) groups excluding carboxylic acids is 1. The summed E-state index contributed by atoms with van der Waals surface area (Å²) >= 11 is 0. The molecule has 0 amide bonds. The summed E-state index contributed by atoms with van der Waals surface area (Å²) in [5.41, 5.74) is 0.683. The van der Waals surface area contributed by atoms with Crippen molar-refractivity contribution in [2.45, 2.75) is 13.1 Å². The zero-order valence-electron chi connectivity index (χ0n) is 11.3. The van der Waals surface area contributed by atoms with Crippen molar-refractivity contribution in [2.24, 2.45) is 0 Å². The Kier molecular flexibility index (Phi) is 4.26. The molecule has 0 heterocycles. The first kappa shape index (κ1) is 15.0. The van der Waals surface area contributed by atoms with Gasteiger partial charge in [0.25, 0.3) is 0 Å². The third-order valence-electron chi connectivity index (χ3n) is 3.02. The standard InChI is InChI=1S/C17H13F3O/c1-12-6-8-14(9-7-12)16(21)11-10-13-4-2-3-5-15(13)17(18,19)20/h2-11H,1H3/b11-10+. The van der Waals surface area contributed by atoms with Crippen LogP contribution in [0.2, 0.25) is 0 Å². The monoisotopic (exact) mass is 290 g/mol. The van der Waals surface area contributed by atoms with Gasteiger partial charge in [-0.3, -0.25) is 4.79 Å². The molecule has 0 bridgehead atoms. The van der Waals surface area contributed by atoms with Crippen molar-refractivity contribution < 1.29 is 18.0 Å². The minimum absolute atomic E-state index is 0.0227. The lowest BCUT2D eigenvalue weighted by Gasteiger charge is -2.09. The lowest BCUT2D eigenvalue weighted by molar-refractivity contribution is -0.137. The van der Waals surface area contributed by atoms with Crippen LogP contribution < -0.4 is 0 Å². The summed E-state index contributed by atoms with van der Waals surface area (Å²) in [7, 11) is 0. The Labute approximate surface area is 120 Å². The average Bonchev–Trinajstić information content (AvgIpc) is 2.45. The van der Waals surface area contributed by atoms with E-state index in [9.17, 15) is 18.0 Å². The van der Waals surface area contributed by atoms with Crippen molar-refractivity contribution in [3.05, 3.63) is 76.9 Å². The van der Waals surface area contributed by atoms with Gasteiger partial charge in [0.1, 0.15) is 0 Å². The van der Waals surface area contributed by atoms with Gasteiger partial charge in [-0.25, -0.2) is 0 Å². The van der Waals surface area contributed by atoms with Gasteiger partial charge < -0.3 is 0 Å². The molecule has 0 spiro atoms. The number of aryl methyl sites for hydroxylation is 1. The van der Waals surface area contributed by atoms with Crippen LogP contribution in [0.4, 0.5) is 13.2 Å². The van der Waals surface area contributed by atoms with E-state index in [1.165, 1.54) is 24.3 Å². The van der Waals surface area contributed by atoms with Crippen LogP contribution in [-0.4, -0.2) is 5.78 Å². The summed E-state index contributed by atoms with van der Waals surface area (Å²) in [6.07, 6.45) is -2.08. The molecule has 0 radical (unpaired) electrons. The average molecular weight is 290 g/mol. The van der Waals surface area contributed by atoms with Crippen LogP contribution in [0.5, 0.6) is 0 Å². The molecule has 0 atom stereocenters. The number of alkyl halides is 3. The molecular weight excluding hydrogens is 277 g/mol. The Hall–Kier alpha value is -2.36. The highest BCUT2D eigenvalue weighted by Gasteiger charge is 2.32.